The number of nitro benzene ring substituents is 1. The minimum Gasteiger partial charge on any atom is -0.481 e. The topological polar surface area (TPSA) is 83.7 Å². The van der Waals surface area contributed by atoms with Crippen LogP contribution in [0.15, 0.2) is 22.7 Å². The summed E-state index contributed by atoms with van der Waals surface area (Å²) in [4.78, 5) is 22.6. The zero-order valence-electron chi connectivity index (χ0n) is 8.67. The maximum absolute atomic E-state index is 10.7. The number of hydrogen-bond donors (Lipinski definition) is 1. The third-order valence-corrected chi connectivity index (χ3v) is 3.35. The first-order chi connectivity index (χ1) is 7.99. The maximum atomic E-state index is 10.7. The van der Waals surface area contributed by atoms with E-state index in [4.69, 9.17) is 5.11 Å². The van der Waals surface area contributed by atoms with Crippen molar-refractivity contribution < 1.29 is 14.8 Å². The van der Waals surface area contributed by atoms with Crippen molar-refractivity contribution in [3.8, 4) is 0 Å². The Kier molecular flexibility index (Phi) is 3.01. The average molecular weight is 301 g/mol. The lowest BCUT2D eigenvalue weighted by Crippen LogP contribution is -2.50. The van der Waals surface area contributed by atoms with Crippen molar-refractivity contribution in [2.75, 3.05) is 18.0 Å². The third kappa shape index (κ3) is 2.23. The summed E-state index contributed by atoms with van der Waals surface area (Å²) < 4.78 is 0.607. The second-order valence-electron chi connectivity index (χ2n) is 3.83. The first-order valence-corrected chi connectivity index (χ1v) is 5.70. The number of non-ortho nitro benzene ring substituents is 1. The summed E-state index contributed by atoms with van der Waals surface area (Å²) in [5, 5.41) is 19.3. The molecule has 1 heterocycles. The number of aliphatic carboxylic acids is 1. The van der Waals surface area contributed by atoms with E-state index in [2.05, 4.69) is 15.9 Å². The van der Waals surface area contributed by atoms with Crippen LogP contribution >= 0.6 is 15.9 Å². The number of nitro groups is 1. The molecule has 0 radical (unpaired) electrons. The van der Waals surface area contributed by atoms with E-state index >= 15 is 0 Å². The summed E-state index contributed by atoms with van der Waals surface area (Å²) in [7, 11) is 0. The van der Waals surface area contributed by atoms with Gasteiger partial charge in [-0.25, -0.2) is 0 Å². The lowest BCUT2D eigenvalue weighted by Gasteiger charge is -2.39. The van der Waals surface area contributed by atoms with Crippen molar-refractivity contribution in [3.63, 3.8) is 0 Å². The quantitative estimate of drug-likeness (QED) is 0.680. The number of carbonyl (C=O) groups is 1. The van der Waals surface area contributed by atoms with Gasteiger partial charge < -0.3 is 10.0 Å². The number of carboxylic acids is 1. The summed E-state index contributed by atoms with van der Waals surface area (Å²) in [5.41, 5.74) is 0.795. The van der Waals surface area contributed by atoms with E-state index in [0.717, 1.165) is 5.69 Å². The Bertz CT molecular complexity index is 485. The largest absolute Gasteiger partial charge is 0.481 e. The smallest absolute Gasteiger partial charge is 0.310 e. The van der Waals surface area contributed by atoms with Crippen LogP contribution in [0.4, 0.5) is 11.4 Å². The molecule has 0 aliphatic carbocycles. The Hall–Kier alpha value is -1.63. The highest BCUT2D eigenvalue weighted by Gasteiger charge is 2.33. The van der Waals surface area contributed by atoms with Crippen LogP contribution in [0.3, 0.4) is 0 Å². The summed E-state index contributed by atoms with van der Waals surface area (Å²) in [6.45, 7) is 0.873. The predicted octanol–water partition coefficient (Wildman–Crippen LogP) is 1.88. The number of halogens is 1. The van der Waals surface area contributed by atoms with Crippen LogP contribution in [0.1, 0.15) is 0 Å². The fourth-order valence-electron chi connectivity index (χ4n) is 1.70. The van der Waals surface area contributed by atoms with Gasteiger partial charge >= 0.3 is 5.97 Å². The fraction of sp³-hybridized carbons (Fsp3) is 0.300. The molecule has 0 spiro atoms. The van der Waals surface area contributed by atoms with Crippen LogP contribution in [0.5, 0.6) is 0 Å². The van der Waals surface area contributed by atoms with Crippen LogP contribution in [0, 0.1) is 16.0 Å². The van der Waals surface area contributed by atoms with Crippen LogP contribution < -0.4 is 4.90 Å². The van der Waals surface area contributed by atoms with E-state index in [9.17, 15) is 14.9 Å². The molecule has 90 valence electrons. The second-order valence-corrected chi connectivity index (χ2v) is 4.69. The number of anilines is 1. The molecule has 0 aromatic heterocycles. The van der Waals surface area contributed by atoms with E-state index < -0.39 is 10.9 Å². The highest BCUT2D eigenvalue weighted by atomic mass is 79.9. The van der Waals surface area contributed by atoms with Gasteiger partial charge in [-0.3, -0.25) is 14.9 Å². The number of benzene rings is 1. The van der Waals surface area contributed by atoms with Gasteiger partial charge in [-0.15, -0.1) is 0 Å². The summed E-state index contributed by atoms with van der Waals surface area (Å²) in [6, 6.07) is 4.46. The van der Waals surface area contributed by atoms with Gasteiger partial charge in [-0.2, -0.15) is 0 Å². The third-order valence-electron chi connectivity index (χ3n) is 2.71. The molecule has 1 aromatic carbocycles. The van der Waals surface area contributed by atoms with Crippen molar-refractivity contribution in [2.24, 2.45) is 5.92 Å². The Morgan fingerprint density at radius 1 is 1.53 bits per heavy atom. The van der Waals surface area contributed by atoms with Crippen molar-refractivity contribution in [2.45, 2.75) is 0 Å². The zero-order chi connectivity index (χ0) is 12.6. The Morgan fingerprint density at radius 2 is 2.18 bits per heavy atom. The molecule has 1 fully saturated rings. The van der Waals surface area contributed by atoms with Gasteiger partial charge in [0.05, 0.1) is 16.5 Å². The van der Waals surface area contributed by atoms with Crippen LogP contribution in [0.2, 0.25) is 0 Å². The normalized spacial score (nSPS) is 15.5. The van der Waals surface area contributed by atoms with Gasteiger partial charge in [0.15, 0.2) is 0 Å². The second kappa shape index (κ2) is 4.33. The molecule has 0 amide bonds. The Balaban J connectivity index is 2.14. The van der Waals surface area contributed by atoms with Crippen molar-refractivity contribution in [1.82, 2.24) is 0 Å². The molecule has 0 atom stereocenters. The molecule has 0 unspecified atom stereocenters. The lowest BCUT2D eigenvalue weighted by molar-refractivity contribution is -0.384. The molecule has 7 heteroatoms. The summed E-state index contributed by atoms with van der Waals surface area (Å²) in [6.07, 6.45) is 0. The molecule has 1 aliphatic heterocycles. The molecule has 1 saturated heterocycles. The van der Waals surface area contributed by atoms with E-state index in [1.807, 2.05) is 4.90 Å². The van der Waals surface area contributed by atoms with E-state index in [-0.39, 0.29) is 11.6 Å². The molecule has 0 saturated carbocycles. The Morgan fingerprint density at radius 3 is 2.65 bits per heavy atom. The first-order valence-electron chi connectivity index (χ1n) is 4.90. The number of nitrogens with zero attached hydrogens (tertiary/aromatic N) is 2. The molecule has 0 bridgehead atoms. The van der Waals surface area contributed by atoms with Crippen molar-refractivity contribution in [3.05, 3.63) is 32.8 Å². The standard InChI is InChI=1S/C10H9BrN2O4/c11-8-3-7(13(16)17)1-2-9(8)12-4-6(5-12)10(14)15/h1-3,6H,4-5H2,(H,14,15). The molecule has 1 N–H and O–H groups in total. The number of carboxylic acid groups (broad SMARTS) is 1. The van der Waals surface area contributed by atoms with Crippen LogP contribution in [-0.2, 0) is 4.79 Å². The van der Waals surface area contributed by atoms with Gasteiger partial charge in [0, 0.05) is 29.7 Å². The summed E-state index contributed by atoms with van der Waals surface area (Å²) in [5.74, 6) is -1.16. The monoisotopic (exact) mass is 300 g/mol. The van der Waals surface area contributed by atoms with E-state index in [0.29, 0.717) is 17.6 Å². The first kappa shape index (κ1) is 11.8. The van der Waals surface area contributed by atoms with E-state index in [1.54, 1.807) is 6.07 Å². The minimum atomic E-state index is -0.806. The average Bonchev–Trinajstić information content (AvgIpc) is 2.17. The van der Waals surface area contributed by atoms with Gasteiger partial charge in [-0.1, -0.05) is 0 Å². The fourth-order valence-corrected chi connectivity index (χ4v) is 2.31. The molecule has 17 heavy (non-hydrogen) atoms. The molecular weight excluding hydrogens is 292 g/mol. The van der Waals surface area contributed by atoms with Gasteiger partial charge in [-0.05, 0) is 22.0 Å². The lowest BCUT2D eigenvalue weighted by atomic mass is 9.99. The van der Waals surface area contributed by atoms with Gasteiger partial charge in [0.25, 0.3) is 5.69 Å². The van der Waals surface area contributed by atoms with Gasteiger partial charge in [0.2, 0.25) is 0 Å². The molecule has 2 rings (SSSR count). The Labute approximate surface area is 105 Å². The van der Waals surface area contributed by atoms with Crippen molar-refractivity contribution in [1.29, 1.82) is 0 Å². The SMILES string of the molecule is O=C(O)C1CN(c2ccc([N+](=O)[O-])cc2Br)C1. The maximum Gasteiger partial charge on any atom is 0.310 e. The predicted molar refractivity (Wildman–Crippen MR) is 64.1 cm³/mol. The molecule has 6 nitrogen and oxygen atoms in total. The molecule has 1 aromatic rings. The van der Waals surface area contributed by atoms with Gasteiger partial charge in [0.1, 0.15) is 0 Å². The highest BCUT2D eigenvalue weighted by molar-refractivity contribution is 9.10. The van der Waals surface area contributed by atoms with Crippen LogP contribution in [0.25, 0.3) is 0 Å². The molecular formula is C10H9BrN2O4. The molecule has 1 aliphatic rings. The van der Waals surface area contributed by atoms with Crippen LogP contribution in [-0.4, -0.2) is 29.1 Å². The minimum absolute atomic E-state index is 0.0101. The highest BCUT2D eigenvalue weighted by Crippen LogP contribution is 2.34. The summed E-state index contributed by atoms with van der Waals surface area (Å²) >= 11 is 3.25. The van der Waals surface area contributed by atoms with E-state index in [1.165, 1.54) is 12.1 Å². The van der Waals surface area contributed by atoms with Crippen molar-refractivity contribution >= 4 is 33.3 Å². The number of rotatable bonds is 3. The zero-order valence-corrected chi connectivity index (χ0v) is 10.3. The number of hydrogen-bond acceptors (Lipinski definition) is 4.